The van der Waals surface area contributed by atoms with E-state index in [2.05, 4.69) is 10.2 Å². The number of hydrogen-bond acceptors (Lipinski definition) is 3. The maximum Gasteiger partial charge on any atom is 0.274 e. The summed E-state index contributed by atoms with van der Waals surface area (Å²) in [6.07, 6.45) is 4.21. The van der Waals surface area contributed by atoms with E-state index in [0.717, 1.165) is 42.8 Å². The Bertz CT molecular complexity index is 857. The number of benzene rings is 1. The molecule has 0 spiro atoms. The number of fused-ring (bicyclic) bond motifs is 1. The summed E-state index contributed by atoms with van der Waals surface area (Å²) in [7, 11) is 0. The van der Waals surface area contributed by atoms with Gasteiger partial charge in [0, 0.05) is 48.9 Å². The second-order valence-corrected chi connectivity index (χ2v) is 7.62. The van der Waals surface area contributed by atoms with E-state index in [1.807, 2.05) is 23.1 Å². The highest BCUT2D eigenvalue weighted by molar-refractivity contribution is 6.31. The molecule has 4 rings (SSSR count). The third-order valence-electron chi connectivity index (χ3n) is 5.43. The van der Waals surface area contributed by atoms with Crippen molar-refractivity contribution in [2.45, 2.75) is 38.6 Å². The van der Waals surface area contributed by atoms with Gasteiger partial charge in [0.1, 0.15) is 0 Å². The molecule has 0 aliphatic carbocycles. The van der Waals surface area contributed by atoms with Crippen LogP contribution in [0.25, 0.3) is 0 Å². The molecule has 0 bridgehead atoms. The van der Waals surface area contributed by atoms with Crippen LogP contribution in [-0.2, 0) is 24.2 Å². The van der Waals surface area contributed by atoms with Crippen molar-refractivity contribution in [3.05, 3.63) is 51.8 Å². The fraction of sp³-hybridized carbons (Fsp3) is 0.450. The van der Waals surface area contributed by atoms with E-state index in [9.17, 15) is 9.59 Å². The van der Waals surface area contributed by atoms with Gasteiger partial charge in [0.2, 0.25) is 5.91 Å². The van der Waals surface area contributed by atoms with E-state index >= 15 is 0 Å². The Balaban J connectivity index is 1.49. The largest absolute Gasteiger partial charge is 0.338 e. The van der Waals surface area contributed by atoms with E-state index in [0.29, 0.717) is 30.2 Å². The van der Waals surface area contributed by atoms with Gasteiger partial charge < -0.3 is 9.80 Å². The molecule has 142 valence electrons. The summed E-state index contributed by atoms with van der Waals surface area (Å²) < 4.78 is 0. The van der Waals surface area contributed by atoms with Gasteiger partial charge in [-0.25, -0.2) is 0 Å². The highest BCUT2D eigenvalue weighted by atomic mass is 35.5. The lowest BCUT2D eigenvalue weighted by atomic mass is 10.0. The summed E-state index contributed by atoms with van der Waals surface area (Å²) in [6, 6.07) is 7.41. The van der Waals surface area contributed by atoms with Gasteiger partial charge in [-0.1, -0.05) is 29.8 Å². The second-order valence-electron chi connectivity index (χ2n) is 7.22. The van der Waals surface area contributed by atoms with Crippen LogP contribution in [0.4, 0.5) is 0 Å². The first kappa shape index (κ1) is 18.0. The van der Waals surface area contributed by atoms with Gasteiger partial charge in [-0.3, -0.25) is 14.7 Å². The minimum absolute atomic E-state index is 0.0197. The monoisotopic (exact) mass is 386 g/mol. The number of carbonyl (C=O) groups excluding carboxylic acids is 2. The van der Waals surface area contributed by atoms with Crippen LogP contribution >= 0.6 is 11.6 Å². The van der Waals surface area contributed by atoms with Gasteiger partial charge in [-0.15, -0.1) is 0 Å². The van der Waals surface area contributed by atoms with Crippen molar-refractivity contribution in [2.75, 3.05) is 19.6 Å². The Morgan fingerprint density at radius 2 is 1.85 bits per heavy atom. The third kappa shape index (κ3) is 3.72. The lowest BCUT2D eigenvalue weighted by molar-refractivity contribution is -0.131. The van der Waals surface area contributed by atoms with Gasteiger partial charge in [0.05, 0.1) is 6.42 Å². The smallest absolute Gasteiger partial charge is 0.274 e. The van der Waals surface area contributed by atoms with Crippen LogP contribution in [0.15, 0.2) is 24.3 Å². The number of nitrogens with one attached hydrogen (secondary N) is 1. The van der Waals surface area contributed by atoms with Gasteiger partial charge in [0.25, 0.3) is 5.91 Å². The number of nitrogens with zero attached hydrogens (tertiary/aromatic N) is 3. The SMILES string of the molecule is O=C(Cc1ccccc1Cl)N1CCc2[nH]nc(C(=O)N3CCCCC3)c2C1. The normalized spacial score (nSPS) is 16.9. The van der Waals surface area contributed by atoms with Crippen LogP contribution in [0.3, 0.4) is 0 Å². The molecule has 1 aromatic heterocycles. The summed E-state index contributed by atoms with van der Waals surface area (Å²) in [6.45, 7) is 2.62. The number of piperidine rings is 1. The van der Waals surface area contributed by atoms with E-state index in [-0.39, 0.29) is 18.2 Å². The Labute approximate surface area is 163 Å². The van der Waals surface area contributed by atoms with Crippen LogP contribution < -0.4 is 0 Å². The second kappa shape index (κ2) is 7.72. The highest BCUT2D eigenvalue weighted by Crippen LogP contribution is 2.24. The average Bonchev–Trinajstić information content (AvgIpc) is 3.13. The van der Waals surface area contributed by atoms with Gasteiger partial charge >= 0.3 is 0 Å². The summed E-state index contributed by atoms with van der Waals surface area (Å²) in [5.41, 5.74) is 3.13. The van der Waals surface area contributed by atoms with E-state index < -0.39 is 0 Å². The van der Waals surface area contributed by atoms with Crippen molar-refractivity contribution in [2.24, 2.45) is 0 Å². The maximum atomic E-state index is 12.9. The van der Waals surface area contributed by atoms with E-state index in [1.54, 1.807) is 11.0 Å². The number of H-pyrrole nitrogens is 1. The molecule has 0 radical (unpaired) electrons. The molecule has 27 heavy (non-hydrogen) atoms. The zero-order valence-corrected chi connectivity index (χ0v) is 16.0. The Morgan fingerprint density at radius 1 is 1.07 bits per heavy atom. The standard InChI is InChI=1S/C20H23ClN4O2/c21-16-7-3-2-6-14(16)12-18(26)25-11-8-17-15(13-25)19(23-22-17)20(27)24-9-4-1-5-10-24/h2-3,6-7H,1,4-5,8-13H2,(H,22,23). The Morgan fingerprint density at radius 3 is 2.63 bits per heavy atom. The van der Waals surface area contributed by atoms with Crippen molar-refractivity contribution in [1.82, 2.24) is 20.0 Å². The lowest BCUT2D eigenvalue weighted by Gasteiger charge is -2.29. The molecule has 1 fully saturated rings. The quantitative estimate of drug-likeness (QED) is 0.881. The summed E-state index contributed by atoms with van der Waals surface area (Å²) >= 11 is 6.19. The number of rotatable bonds is 3. The molecule has 2 aromatic rings. The fourth-order valence-corrected chi connectivity index (χ4v) is 4.05. The number of aromatic amines is 1. The molecule has 0 atom stereocenters. The number of hydrogen-bond donors (Lipinski definition) is 1. The number of halogens is 1. The molecule has 2 aliphatic rings. The van der Waals surface area contributed by atoms with E-state index in [4.69, 9.17) is 11.6 Å². The molecule has 3 heterocycles. The Hall–Kier alpha value is -2.34. The minimum Gasteiger partial charge on any atom is -0.338 e. The van der Waals surface area contributed by atoms with Crippen LogP contribution in [0.5, 0.6) is 0 Å². The van der Waals surface area contributed by atoms with Crippen molar-refractivity contribution in [3.8, 4) is 0 Å². The first-order chi connectivity index (χ1) is 13.1. The molecular formula is C20H23ClN4O2. The molecule has 2 amide bonds. The number of amides is 2. The first-order valence-corrected chi connectivity index (χ1v) is 9.88. The molecule has 7 heteroatoms. The molecular weight excluding hydrogens is 364 g/mol. The van der Waals surface area contributed by atoms with Gasteiger partial charge in [-0.2, -0.15) is 5.10 Å². The molecule has 6 nitrogen and oxygen atoms in total. The molecule has 2 aliphatic heterocycles. The maximum absolute atomic E-state index is 12.9. The van der Waals surface area contributed by atoms with Crippen molar-refractivity contribution >= 4 is 23.4 Å². The van der Waals surface area contributed by atoms with Gasteiger partial charge in [-0.05, 0) is 30.9 Å². The number of carbonyl (C=O) groups is 2. The summed E-state index contributed by atoms with van der Waals surface area (Å²) in [5.74, 6) is -0.000996. The molecule has 1 aromatic carbocycles. The zero-order valence-electron chi connectivity index (χ0n) is 15.2. The minimum atomic E-state index is -0.0207. The molecule has 1 N–H and O–H groups in total. The predicted octanol–water partition coefficient (Wildman–Crippen LogP) is 2.82. The molecule has 1 saturated heterocycles. The predicted molar refractivity (Wildman–Crippen MR) is 103 cm³/mol. The van der Waals surface area contributed by atoms with Crippen molar-refractivity contribution < 1.29 is 9.59 Å². The first-order valence-electron chi connectivity index (χ1n) is 9.50. The number of likely N-dealkylation sites (tertiary alicyclic amines) is 1. The Kier molecular flexibility index (Phi) is 5.16. The molecule has 0 unspecified atom stereocenters. The summed E-state index contributed by atoms with van der Waals surface area (Å²) in [5, 5.41) is 7.90. The fourth-order valence-electron chi connectivity index (χ4n) is 3.85. The number of aromatic nitrogens is 2. The van der Waals surface area contributed by atoms with E-state index in [1.165, 1.54) is 6.42 Å². The van der Waals surface area contributed by atoms with Crippen molar-refractivity contribution in [1.29, 1.82) is 0 Å². The highest BCUT2D eigenvalue weighted by Gasteiger charge is 2.30. The van der Waals surface area contributed by atoms with Crippen LogP contribution in [0, 0.1) is 0 Å². The zero-order chi connectivity index (χ0) is 18.8. The van der Waals surface area contributed by atoms with Crippen LogP contribution in [0.1, 0.15) is 46.6 Å². The average molecular weight is 387 g/mol. The van der Waals surface area contributed by atoms with Gasteiger partial charge in [0.15, 0.2) is 5.69 Å². The lowest BCUT2D eigenvalue weighted by Crippen LogP contribution is -2.39. The van der Waals surface area contributed by atoms with Crippen molar-refractivity contribution in [3.63, 3.8) is 0 Å². The van der Waals surface area contributed by atoms with Crippen LogP contribution in [0.2, 0.25) is 5.02 Å². The third-order valence-corrected chi connectivity index (χ3v) is 5.80. The molecule has 0 saturated carbocycles. The summed E-state index contributed by atoms with van der Waals surface area (Å²) in [4.78, 5) is 29.3. The van der Waals surface area contributed by atoms with Crippen LogP contribution in [-0.4, -0.2) is 51.4 Å². The topological polar surface area (TPSA) is 69.3 Å².